The van der Waals surface area contributed by atoms with Gasteiger partial charge in [-0.15, -0.1) is 0 Å². The Hall–Kier alpha value is -1.92. The highest BCUT2D eigenvalue weighted by Gasteiger charge is 2.13. The van der Waals surface area contributed by atoms with Gasteiger partial charge in [0.2, 0.25) is 11.7 Å². The van der Waals surface area contributed by atoms with Crippen molar-refractivity contribution >= 4 is 0 Å². The molecule has 118 valence electrons. The van der Waals surface area contributed by atoms with Crippen molar-refractivity contribution < 1.29 is 18.7 Å². The van der Waals surface area contributed by atoms with E-state index < -0.39 is 0 Å². The number of rotatable bonds is 6. The second-order valence-corrected chi connectivity index (χ2v) is 5.18. The molecule has 2 heterocycles. The Labute approximate surface area is 129 Å². The van der Waals surface area contributed by atoms with E-state index in [0.717, 1.165) is 37.2 Å². The Morgan fingerprint density at radius 3 is 3.00 bits per heavy atom. The zero-order chi connectivity index (χ0) is 15.2. The number of hydrogen-bond acceptors (Lipinski definition) is 6. The topological polar surface area (TPSA) is 66.6 Å². The minimum atomic E-state index is -0.0778. The fraction of sp³-hybridized carbons (Fsp3) is 0.500. The molecular weight excluding hydrogens is 284 g/mol. The molecule has 0 saturated carbocycles. The van der Waals surface area contributed by atoms with Crippen LogP contribution in [0.15, 0.2) is 28.8 Å². The van der Waals surface area contributed by atoms with Gasteiger partial charge in [0.1, 0.15) is 12.4 Å². The molecule has 6 nitrogen and oxygen atoms in total. The van der Waals surface area contributed by atoms with Crippen LogP contribution in [0, 0.1) is 6.92 Å². The van der Waals surface area contributed by atoms with Crippen molar-refractivity contribution in [1.82, 2.24) is 10.1 Å². The zero-order valence-corrected chi connectivity index (χ0v) is 12.7. The lowest BCUT2D eigenvalue weighted by atomic mass is 10.2. The van der Waals surface area contributed by atoms with Crippen LogP contribution in [0.5, 0.6) is 5.75 Å². The smallest absolute Gasteiger partial charge is 0.223 e. The van der Waals surface area contributed by atoms with Crippen LogP contribution in [-0.4, -0.2) is 36.3 Å². The Morgan fingerprint density at radius 2 is 2.23 bits per heavy atom. The minimum Gasteiger partial charge on any atom is -0.491 e. The second-order valence-electron chi connectivity index (χ2n) is 5.18. The normalized spacial score (nSPS) is 18.3. The average molecular weight is 304 g/mol. The van der Waals surface area contributed by atoms with Crippen molar-refractivity contribution in [2.75, 3.05) is 19.8 Å². The lowest BCUT2D eigenvalue weighted by Crippen LogP contribution is -2.24. The van der Waals surface area contributed by atoms with E-state index in [0.29, 0.717) is 24.9 Å². The lowest BCUT2D eigenvalue weighted by molar-refractivity contribution is -0.165. The predicted molar refractivity (Wildman–Crippen MR) is 79.5 cm³/mol. The van der Waals surface area contributed by atoms with Gasteiger partial charge in [0, 0.05) is 19.1 Å². The molecule has 3 rings (SSSR count). The first-order chi connectivity index (χ1) is 10.8. The van der Waals surface area contributed by atoms with Crippen LogP contribution in [-0.2, 0) is 9.47 Å². The zero-order valence-electron chi connectivity index (χ0n) is 12.7. The molecule has 0 bridgehead atoms. The summed E-state index contributed by atoms with van der Waals surface area (Å²) in [6, 6.07) is 7.61. The van der Waals surface area contributed by atoms with Gasteiger partial charge < -0.3 is 18.7 Å². The van der Waals surface area contributed by atoms with E-state index in [2.05, 4.69) is 10.1 Å². The summed E-state index contributed by atoms with van der Waals surface area (Å²) in [7, 11) is 0. The molecule has 1 aliphatic heterocycles. The summed E-state index contributed by atoms with van der Waals surface area (Å²) in [5.41, 5.74) is 0.867. The molecule has 1 unspecified atom stereocenters. The Kier molecular flexibility index (Phi) is 5.03. The van der Waals surface area contributed by atoms with E-state index in [9.17, 15) is 0 Å². The van der Waals surface area contributed by atoms with E-state index in [1.165, 1.54) is 0 Å². The maximum absolute atomic E-state index is 5.70. The summed E-state index contributed by atoms with van der Waals surface area (Å²) in [5.74, 6) is 1.87. The van der Waals surface area contributed by atoms with Gasteiger partial charge in [-0.2, -0.15) is 4.98 Å². The van der Waals surface area contributed by atoms with E-state index >= 15 is 0 Å². The number of benzene rings is 1. The van der Waals surface area contributed by atoms with E-state index in [4.69, 9.17) is 18.7 Å². The number of hydrogen-bond donors (Lipinski definition) is 0. The summed E-state index contributed by atoms with van der Waals surface area (Å²) in [6.07, 6.45) is 3.18. The molecule has 1 fully saturated rings. The van der Waals surface area contributed by atoms with Crippen molar-refractivity contribution in [3.05, 3.63) is 30.2 Å². The maximum Gasteiger partial charge on any atom is 0.223 e. The van der Waals surface area contributed by atoms with Gasteiger partial charge in [0.05, 0.1) is 6.61 Å². The second kappa shape index (κ2) is 7.38. The first-order valence-electron chi connectivity index (χ1n) is 7.58. The van der Waals surface area contributed by atoms with Gasteiger partial charge in [-0.05, 0) is 31.4 Å². The summed E-state index contributed by atoms with van der Waals surface area (Å²) in [4.78, 5) is 4.21. The van der Waals surface area contributed by atoms with Crippen LogP contribution in [0.1, 0.15) is 25.2 Å². The van der Waals surface area contributed by atoms with Crippen molar-refractivity contribution in [1.29, 1.82) is 0 Å². The third-order valence-corrected chi connectivity index (χ3v) is 3.41. The predicted octanol–water partition coefficient (Wildman–Crippen LogP) is 2.97. The molecule has 0 aliphatic carbocycles. The van der Waals surface area contributed by atoms with Crippen LogP contribution in [0.2, 0.25) is 0 Å². The standard InChI is InChI=1S/C16H20N2O4/c1-12-17-16(18-22-12)13-5-4-6-14(11-13)19-9-10-21-15-7-2-3-8-20-15/h4-6,11,15H,2-3,7-10H2,1H3. The number of ether oxygens (including phenoxy) is 3. The highest BCUT2D eigenvalue weighted by molar-refractivity contribution is 5.56. The quantitative estimate of drug-likeness (QED) is 0.764. The van der Waals surface area contributed by atoms with Crippen molar-refractivity contribution in [2.24, 2.45) is 0 Å². The summed E-state index contributed by atoms with van der Waals surface area (Å²) < 4.78 is 21.8. The Balaban J connectivity index is 1.48. The van der Waals surface area contributed by atoms with Gasteiger partial charge in [-0.1, -0.05) is 17.3 Å². The molecule has 1 saturated heterocycles. The molecule has 1 aromatic carbocycles. The van der Waals surface area contributed by atoms with E-state index in [1.807, 2.05) is 24.3 Å². The largest absolute Gasteiger partial charge is 0.491 e. The molecule has 1 aliphatic rings. The SMILES string of the molecule is Cc1nc(-c2cccc(OCCOC3CCCCO3)c2)no1. The Morgan fingerprint density at radius 1 is 1.27 bits per heavy atom. The first kappa shape index (κ1) is 15.0. The minimum absolute atomic E-state index is 0.0778. The van der Waals surface area contributed by atoms with Gasteiger partial charge in [0.15, 0.2) is 6.29 Å². The van der Waals surface area contributed by atoms with E-state index in [-0.39, 0.29) is 6.29 Å². The van der Waals surface area contributed by atoms with Gasteiger partial charge in [-0.3, -0.25) is 0 Å². The van der Waals surface area contributed by atoms with Gasteiger partial charge >= 0.3 is 0 Å². The molecule has 6 heteroatoms. The van der Waals surface area contributed by atoms with Crippen LogP contribution in [0.3, 0.4) is 0 Å². The molecule has 2 aromatic rings. The van der Waals surface area contributed by atoms with Crippen LogP contribution < -0.4 is 4.74 Å². The lowest BCUT2D eigenvalue weighted by Gasteiger charge is -2.22. The van der Waals surface area contributed by atoms with Gasteiger partial charge in [-0.25, -0.2) is 0 Å². The average Bonchev–Trinajstić information content (AvgIpc) is 3.00. The third-order valence-electron chi connectivity index (χ3n) is 3.41. The maximum atomic E-state index is 5.70. The molecule has 1 atom stereocenters. The molecule has 0 amide bonds. The molecule has 0 spiro atoms. The Bertz CT molecular complexity index is 593. The highest BCUT2D eigenvalue weighted by atomic mass is 16.7. The van der Waals surface area contributed by atoms with Crippen molar-refractivity contribution in [3.8, 4) is 17.1 Å². The summed E-state index contributed by atoms with van der Waals surface area (Å²) >= 11 is 0. The van der Waals surface area contributed by atoms with Crippen LogP contribution in [0.25, 0.3) is 11.4 Å². The number of aryl methyl sites for hydroxylation is 1. The van der Waals surface area contributed by atoms with E-state index in [1.54, 1.807) is 6.92 Å². The third kappa shape index (κ3) is 4.05. The molecular formula is C16H20N2O4. The number of nitrogens with zero attached hydrogens (tertiary/aromatic N) is 2. The first-order valence-corrected chi connectivity index (χ1v) is 7.58. The van der Waals surface area contributed by atoms with Crippen LogP contribution >= 0.6 is 0 Å². The fourth-order valence-corrected chi connectivity index (χ4v) is 2.32. The van der Waals surface area contributed by atoms with Crippen molar-refractivity contribution in [3.63, 3.8) is 0 Å². The summed E-state index contributed by atoms with van der Waals surface area (Å²) in [5, 5.41) is 3.90. The molecule has 0 N–H and O–H groups in total. The molecule has 22 heavy (non-hydrogen) atoms. The van der Waals surface area contributed by atoms with Crippen LogP contribution in [0.4, 0.5) is 0 Å². The highest BCUT2D eigenvalue weighted by Crippen LogP contribution is 2.21. The monoisotopic (exact) mass is 304 g/mol. The molecule has 1 aromatic heterocycles. The summed E-state index contributed by atoms with van der Waals surface area (Å²) in [6.45, 7) is 3.55. The van der Waals surface area contributed by atoms with Crippen molar-refractivity contribution in [2.45, 2.75) is 32.5 Å². The number of aromatic nitrogens is 2. The fourth-order valence-electron chi connectivity index (χ4n) is 2.32. The molecule has 0 radical (unpaired) electrons. The van der Waals surface area contributed by atoms with Gasteiger partial charge in [0.25, 0.3) is 0 Å².